The first-order valence-corrected chi connectivity index (χ1v) is 4.89. The molecule has 1 aromatic rings. The average molecular weight is 192 g/mol. The molecule has 0 aliphatic carbocycles. The van der Waals surface area contributed by atoms with Gasteiger partial charge in [-0.25, -0.2) is 0 Å². The molecular formula is C12H16O2. The van der Waals surface area contributed by atoms with Crippen LogP contribution in [0.2, 0.25) is 0 Å². The standard InChI is InChI=1S/C12H16O2/c1-2-3-4-5-6-10-7-11(13)9-12(14)8-10/h3-4,7-9,13-14H,2,5-6H2,1H3. The fourth-order valence-corrected chi connectivity index (χ4v) is 1.34. The average Bonchev–Trinajstić information content (AvgIpc) is 2.11. The second kappa shape index (κ2) is 5.32. The van der Waals surface area contributed by atoms with Gasteiger partial charge in [-0.05, 0) is 37.0 Å². The minimum absolute atomic E-state index is 0.125. The van der Waals surface area contributed by atoms with E-state index in [2.05, 4.69) is 19.1 Å². The summed E-state index contributed by atoms with van der Waals surface area (Å²) < 4.78 is 0. The third kappa shape index (κ3) is 3.52. The number of phenols is 2. The number of aryl methyl sites for hydroxylation is 1. The van der Waals surface area contributed by atoms with Crippen LogP contribution in [0.3, 0.4) is 0 Å². The first kappa shape index (κ1) is 10.6. The number of hydrogen-bond donors (Lipinski definition) is 2. The van der Waals surface area contributed by atoms with Crippen LogP contribution in [-0.4, -0.2) is 10.2 Å². The second-order valence-corrected chi connectivity index (χ2v) is 3.28. The van der Waals surface area contributed by atoms with Crippen molar-refractivity contribution in [2.24, 2.45) is 0 Å². The van der Waals surface area contributed by atoms with Gasteiger partial charge in [0, 0.05) is 6.07 Å². The number of allylic oxidation sites excluding steroid dienone is 2. The van der Waals surface area contributed by atoms with Gasteiger partial charge in [0.15, 0.2) is 0 Å². The highest BCUT2D eigenvalue weighted by atomic mass is 16.3. The maximum atomic E-state index is 9.22. The minimum atomic E-state index is 0.125. The molecule has 0 heterocycles. The van der Waals surface area contributed by atoms with Crippen LogP contribution in [0.4, 0.5) is 0 Å². The lowest BCUT2D eigenvalue weighted by atomic mass is 10.1. The Labute approximate surface area is 84.5 Å². The third-order valence-corrected chi connectivity index (χ3v) is 1.96. The van der Waals surface area contributed by atoms with Crippen molar-refractivity contribution in [3.8, 4) is 11.5 Å². The van der Waals surface area contributed by atoms with E-state index in [9.17, 15) is 10.2 Å². The SMILES string of the molecule is CCC=CCCc1cc(O)cc(O)c1. The van der Waals surface area contributed by atoms with Crippen molar-refractivity contribution in [2.75, 3.05) is 0 Å². The van der Waals surface area contributed by atoms with Gasteiger partial charge in [-0.15, -0.1) is 0 Å². The fourth-order valence-electron chi connectivity index (χ4n) is 1.34. The molecule has 0 radical (unpaired) electrons. The molecule has 14 heavy (non-hydrogen) atoms. The highest BCUT2D eigenvalue weighted by Gasteiger charge is 1.97. The quantitative estimate of drug-likeness (QED) is 0.720. The molecule has 0 atom stereocenters. The third-order valence-electron chi connectivity index (χ3n) is 1.96. The Kier molecular flexibility index (Phi) is 4.05. The Bertz CT molecular complexity index is 296. The first-order valence-electron chi connectivity index (χ1n) is 4.89. The summed E-state index contributed by atoms with van der Waals surface area (Å²) in [6.07, 6.45) is 7.06. The molecule has 1 aromatic carbocycles. The second-order valence-electron chi connectivity index (χ2n) is 3.28. The summed E-state index contributed by atoms with van der Waals surface area (Å²) in [6, 6.07) is 4.70. The van der Waals surface area contributed by atoms with Gasteiger partial charge in [0.25, 0.3) is 0 Å². The van der Waals surface area contributed by atoms with Crippen molar-refractivity contribution < 1.29 is 10.2 Å². The predicted molar refractivity (Wildman–Crippen MR) is 57.5 cm³/mol. The van der Waals surface area contributed by atoms with Crippen molar-refractivity contribution in [1.82, 2.24) is 0 Å². The smallest absolute Gasteiger partial charge is 0.119 e. The lowest BCUT2D eigenvalue weighted by molar-refractivity contribution is 0.449. The maximum absolute atomic E-state index is 9.22. The van der Waals surface area contributed by atoms with Crippen LogP contribution in [0.5, 0.6) is 11.5 Å². The van der Waals surface area contributed by atoms with E-state index in [0.717, 1.165) is 24.8 Å². The number of phenolic OH excluding ortho intramolecular Hbond substituents is 2. The Hall–Kier alpha value is -1.44. The number of hydrogen-bond acceptors (Lipinski definition) is 2. The zero-order valence-corrected chi connectivity index (χ0v) is 8.40. The van der Waals surface area contributed by atoms with Crippen molar-refractivity contribution in [1.29, 1.82) is 0 Å². The molecule has 2 N–H and O–H groups in total. The molecule has 0 saturated heterocycles. The summed E-state index contributed by atoms with van der Waals surface area (Å²) in [6.45, 7) is 2.09. The van der Waals surface area contributed by atoms with Gasteiger partial charge in [-0.2, -0.15) is 0 Å². The molecule has 0 aliphatic heterocycles. The fraction of sp³-hybridized carbons (Fsp3) is 0.333. The van der Waals surface area contributed by atoms with Crippen LogP contribution in [0, 0.1) is 0 Å². The normalized spacial score (nSPS) is 10.9. The van der Waals surface area contributed by atoms with Crippen molar-refractivity contribution in [3.05, 3.63) is 35.9 Å². The molecule has 0 unspecified atom stereocenters. The van der Waals surface area contributed by atoms with E-state index in [1.165, 1.54) is 6.07 Å². The number of aromatic hydroxyl groups is 2. The van der Waals surface area contributed by atoms with Crippen molar-refractivity contribution in [3.63, 3.8) is 0 Å². The van der Waals surface area contributed by atoms with Crippen molar-refractivity contribution >= 4 is 0 Å². The summed E-state index contributed by atoms with van der Waals surface area (Å²) in [5.74, 6) is 0.249. The number of rotatable bonds is 4. The van der Waals surface area contributed by atoms with E-state index in [1.54, 1.807) is 12.1 Å². The van der Waals surface area contributed by atoms with Gasteiger partial charge < -0.3 is 10.2 Å². The highest BCUT2D eigenvalue weighted by Crippen LogP contribution is 2.21. The summed E-state index contributed by atoms with van der Waals surface area (Å²) in [4.78, 5) is 0. The van der Waals surface area contributed by atoms with E-state index in [0.29, 0.717) is 0 Å². The van der Waals surface area contributed by atoms with Gasteiger partial charge in [0.1, 0.15) is 11.5 Å². The summed E-state index contributed by atoms with van der Waals surface area (Å²) in [7, 11) is 0. The molecule has 0 bridgehead atoms. The largest absolute Gasteiger partial charge is 0.508 e. The molecule has 76 valence electrons. The van der Waals surface area contributed by atoms with Gasteiger partial charge >= 0.3 is 0 Å². The first-order chi connectivity index (χ1) is 6.72. The van der Waals surface area contributed by atoms with Crippen molar-refractivity contribution in [2.45, 2.75) is 26.2 Å². The number of benzene rings is 1. The van der Waals surface area contributed by atoms with Crippen LogP contribution >= 0.6 is 0 Å². The predicted octanol–water partition coefficient (Wildman–Crippen LogP) is 3.00. The van der Waals surface area contributed by atoms with Gasteiger partial charge in [-0.1, -0.05) is 19.1 Å². The Balaban J connectivity index is 2.54. The molecule has 0 fully saturated rings. The van der Waals surface area contributed by atoms with Crippen LogP contribution in [-0.2, 0) is 6.42 Å². The van der Waals surface area contributed by atoms with Crippen LogP contribution < -0.4 is 0 Å². The van der Waals surface area contributed by atoms with E-state index in [1.807, 2.05) is 0 Å². The highest BCUT2D eigenvalue weighted by molar-refractivity contribution is 5.36. The van der Waals surface area contributed by atoms with Gasteiger partial charge in [-0.3, -0.25) is 0 Å². The molecule has 2 heteroatoms. The van der Waals surface area contributed by atoms with E-state index >= 15 is 0 Å². The van der Waals surface area contributed by atoms with E-state index < -0.39 is 0 Å². The Morgan fingerprint density at radius 1 is 1.07 bits per heavy atom. The maximum Gasteiger partial charge on any atom is 0.119 e. The zero-order chi connectivity index (χ0) is 10.4. The monoisotopic (exact) mass is 192 g/mol. The van der Waals surface area contributed by atoms with Crippen LogP contribution in [0.25, 0.3) is 0 Å². The molecular weight excluding hydrogens is 176 g/mol. The lowest BCUT2D eigenvalue weighted by Crippen LogP contribution is -1.82. The molecule has 2 nitrogen and oxygen atoms in total. The molecule has 0 spiro atoms. The molecule has 0 amide bonds. The topological polar surface area (TPSA) is 40.5 Å². The summed E-state index contributed by atoms with van der Waals surface area (Å²) >= 11 is 0. The molecule has 1 rings (SSSR count). The molecule has 0 saturated carbocycles. The zero-order valence-electron chi connectivity index (χ0n) is 8.40. The van der Waals surface area contributed by atoms with E-state index in [4.69, 9.17) is 0 Å². The lowest BCUT2D eigenvalue weighted by Gasteiger charge is -2.01. The summed E-state index contributed by atoms with van der Waals surface area (Å²) in [5.41, 5.74) is 0.961. The Morgan fingerprint density at radius 3 is 2.29 bits per heavy atom. The van der Waals surface area contributed by atoms with E-state index in [-0.39, 0.29) is 11.5 Å². The van der Waals surface area contributed by atoms with Gasteiger partial charge in [0.2, 0.25) is 0 Å². The van der Waals surface area contributed by atoms with Gasteiger partial charge in [0.05, 0.1) is 0 Å². The Morgan fingerprint density at radius 2 is 1.71 bits per heavy atom. The summed E-state index contributed by atoms with van der Waals surface area (Å²) in [5, 5.41) is 18.4. The molecule has 0 aliphatic rings. The van der Waals surface area contributed by atoms with Crippen LogP contribution in [0.1, 0.15) is 25.3 Å². The van der Waals surface area contributed by atoms with Crippen LogP contribution in [0.15, 0.2) is 30.4 Å². The minimum Gasteiger partial charge on any atom is -0.508 e. The molecule has 0 aromatic heterocycles.